The Balaban J connectivity index is 2.17. The van der Waals surface area contributed by atoms with Crippen LogP contribution in [0.4, 0.5) is 10.5 Å². The van der Waals surface area contributed by atoms with Gasteiger partial charge in [-0.15, -0.1) is 0 Å². The van der Waals surface area contributed by atoms with Gasteiger partial charge in [0.15, 0.2) is 6.61 Å². The minimum atomic E-state index is -3.94. The second kappa shape index (κ2) is 9.20. The number of carbonyl (C=O) groups excluding carboxylic acids is 3. The molecule has 29 heavy (non-hydrogen) atoms. The van der Waals surface area contributed by atoms with Crippen LogP contribution in [0.25, 0.3) is 0 Å². The lowest BCUT2D eigenvalue weighted by molar-refractivity contribution is -0.123. The number of nitrogens with one attached hydrogen (secondary N) is 3. The summed E-state index contributed by atoms with van der Waals surface area (Å²) >= 11 is 0. The Morgan fingerprint density at radius 1 is 1.03 bits per heavy atom. The number of hydrogen-bond donors (Lipinski definition) is 3. The van der Waals surface area contributed by atoms with Crippen LogP contribution < -0.4 is 15.4 Å². The van der Waals surface area contributed by atoms with Gasteiger partial charge in [0.1, 0.15) is 0 Å². The molecule has 2 aromatic carbocycles. The molecule has 3 amide bonds. The van der Waals surface area contributed by atoms with Crippen LogP contribution in [0.2, 0.25) is 0 Å². The van der Waals surface area contributed by atoms with E-state index in [1.54, 1.807) is 25.1 Å². The van der Waals surface area contributed by atoms with Gasteiger partial charge in [-0.2, -0.15) is 0 Å². The van der Waals surface area contributed by atoms with Gasteiger partial charge in [-0.3, -0.25) is 14.8 Å². The van der Waals surface area contributed by atoms with Crippen LogP contribution in [-0.4, -0.2) is 40.0 Å². The van der Waals surface area contributed by atoms with Crippen molar-refractivity contribution in [3.8, 4) is 0 Å². The highest BCUT2D eigenvalue weighted by molar-refractivity contribution is 7.92. The number of sulfonamides is 1. The number of hydrogen-bond acceptors (Lipinski definition) is 6. The molecule has 0 heterocycles. The third-order valence-electron chi connectivity index (χ3n) is 3.82. The molecular weight excluding hydrogens is 398 g/mol. The fourth-order valence-electron chi connectivity index (χ4n) is 2.34. The average molecular weight is 419 g/mol. The molecule has 0 spiro atoms. The number of urea groups is 1. The first kappa shape index (κ1) is 21.9. The van der Waals surface area contributed by atoms with Crippen molar-refractivity contribution in [2.24, 2.45) is 0 Å². The summed E-state index contributed by atoms with van der Waals surface area (Å²) in [7, 11) is -2.62. The van der Waals surface area contributed by atoms with E-state index in [0.29, 0.717) is 11.3 Å². The first-order valence-corrected chi connectivity index (χ1v) is 9.99. The van der Waals surface area contributed by atoms with E-state index in [4.69, 9.17) is 4.74 Å². The molecular formula is C19H21N3O6S. The zero-order chi connectivity index (χ0) is 21.6. The van der Waals surface area contributed by atoms with Gasteiger partial charge in [0.25, 0.3) is 15.9 Å². The molecule has 2 aromatic rings. The predicted molar refractivity (Wildman–Crippen MR) is 106 cm³/mol. The van der Waals surface area contributed by atoms with Gasteiger partial charge in [-0.05, 0) is 49.2 Å². The number of anilines is 1. The molecule has 0 bridgehead atoms. The summed E-state index contributed by atoms with van der Waals surface area (Å²) in [5, 5.41) is 4.13. The summed E-state index contributed by atoms with van der Waals surface area (Å²) in [4.78, 5) is 34.8. The quantitative estimate of drug-likeness (QED) is 0.611. The minimum Gasteiger partial charge on any atom is -0.452 e. The van der Waals surface area contributed by atoms with Crippen molar-refractivity contribution in [2.75, 3.05) is 18.4 Å². The van der Waals surface area contributed by atoms with Crippen LogP contribution in [0.1, 0.15) is 21.5 Å². The Labute approximate surface area is 168 Å². The van der Waals surface area contributed by atoms with E-state index < -0.39 is 34.5 Å². The van der Waals surface area contributed by atoms with Crippen molar-refractivity contribution in [2.45, 2.75) is 18.7 Å². The van der Waals surface area contributed by atoms with E-state index in [-0.39, 0.29) is 10.5 Å². The zero-order valence-corrected chi connectivity index (χ0v) is 16.9. The number of imide groups is 1. The molecule has 0 aliphatic rings. The summed E-state index contributed by atoms with van der Waals surface area (Å²) in [6.07, 6.45) is 0. The third-order valence-corrected chi connectivity index (χ3v) is 5.20. The number of rotatable bonds is 6. The van der Waals surface area contributed by atoms with Gasteiger partial charge < -0.3 is 10.1 Å². The molecule has 0 saturated heterocycles. The smallest absolute Gasteiger partial charge is 0.338 e. The van der Waals surface area contributed by atoms with Crippen LogP contribution in [0.5, 0.6) is 0 Å². The Morgan fingerprint density at radius 3 is 2.41 bits per heavy atom. The monoisotopic (exact) mass is 419 g/mol. The van der Waals surface area contributed by atoms with Crippen LogP contribution in [0.15, 0.2) is 47.4 Å². The van der Waals surface area contributed by atoms with Gasteiger partial charge in [-0.1, -0.05) is 18.2 Å². The Bertz CT molecular complexity index is 1050. The number of esters is 1. The zero-order valence-electron chi connectivity index (χ0n) is 16.1. The van der Waals surface area contributed by atoms with Crippen LogP contribution in [-0.2, 0) is 19.6 Å². The van der Waals surface area contributed by atoms with Crippen LogP contribution in [0, 0.1) is 13.8 Å². The molecule has 0 atom stereocenters. The van der Waals surface area contributed by atoms with Gasteiger partial charge in [-0.25, -0.2) is 18.0 Å². The van der Waals surface area contributed by atoms with Gasteiger partial charge in [0.05, 0.1) is 10.5 Å². The number of benzene rings is 2. The summed E-state index contributed by atoms with van der Waals surface area (Å²) in [5.41, 5.74) is 1.73. The molecule has 0 unspecified atom stereocenters. The fraction of sp³-hybridized carbons (Fsp3) is 0.211. The van der Waals surface area contributed by atoms with E-state index in [1.165, 1.54) is 25.2 Å². The average Bonchev–Trinajstić information content (AvgIpc) is 2.65. The lowest BCUT2D eigenvalue weighted by Crippen LogP contribution is -2.39. The summed E-state index contributed by atoms with van der Waals surface area (Å²) in [6, 6.07) is 10.1. The lowest BCUT2D eigenvalue weighted by Gasteiger charge is -2.12. The van der Waals surface area contributed by atoms with Crippen molar-refractivity contribution < 1.29 is 27.5 Å². The molecule has 3 N–H and O–H groups in total. The minimum absolute atomic E-state index is 0.00939. The number of carbonyl (C=O) groups is 3. The summed E-state index contributed by atoms with van der Waals surface area (Å²) in [5.74, 6) is -1.71. The maximum Gasteiger partial charge on any atom is 0.338 e. The summed E-state index contributed by atoms with van der Waals surface area (Å²) in [6.45, 7) is 2.74. The van der Waals surface area contributed by atoms with Crippen LogP contribution in [0.3, 0.4) is 0 Å². The first-order chi connectivity index (χ1) is 13.6. The third kappa shape index (κ3) is 6.04. The van der Waals surface area contributed by atoms with Crippen molar-refractivity contribution in [1.82, 2.24) is 10.6 Å². The van der Waals surface area contributed by atoms with E-state index in [2.05, 4.69) is 10.0 Å². The largest absolute Gasteiger partial charge is 0.452 e. The molecule has 9 nitrogen and oxygen atoms in total. The van der Waals surface area contributed by atoms with Gasteiger partial charge >= 0.3 is 12.0 Å². The highest BCUT2D eigenvalue weighted by Crippen LogP contribution is 2.20. The Hall–Kier alpha value is -3.40. The maximum atomic E-state index is 12.6. The number of aryl methyl sites for hydroxylation is 2. The fourth-order valence-corrected chi connectivity index (χ4v) is 3.42. The lowest BCUT2D eigenvalue weighted by atomic mass is 10.1. The second-order valence-electron chi connectivity index (χ2n) is 6.16. The molecule has 2 rings (SSSR count). The van der Waals surface area contributed by atoms with E-state index in [9.17, 15) is 22.8 Å². The molecule has 0 saturated carbocycles. The normalized spacial score (nSPS) is 10.7. The van der Waals surface area contributed by atoms with Gasteiger partial charge in [0, 0.05) is 12.7 Å². The van der Waals surface area contributed by atoms with Crippen molar-refractivity contribution in [3.05, 3.63) is 59.2 Å². The summed E-state index contributed by atoms with van der Waals surface area (Å²) < 4.78 is 32.6. The van der Waals surface area contributed by atoms with Crippen molar-refractivity contribution in [3.63, 3.8) is 0 Å². The number of amides is 3. The second-order valence-corrected chi connectivity index (χ2v) is 7.84. The van der Waals surface area contributed by atoms with Crippen molar-refractivity contribution in [1.29, 1.82) is 0 Å². The molecule has 10 heteroatoms. The number of ether oxygens (including phenoxy) is 1. The van der Waals surface area contributed by atoms with Crippen LogP contribution >= 0.6 is 0 Å². The molecule has 154 valence electrons. The molecule has 0 aromatic heterocycles. The van der Waals surface area contributed by atoms with E-state index in [1.807, 2.05) is 18.3 Å². The maximum absolute atomic E-state index is 12.6. The first-order valence-electron chi connectivity index (χ1n) is 8.51. The molecule has 0 aliphatic carbocycles. The molecule has 0 fully saturated rings. The molecule has 0 radical (unpaired) electrons. The van der Waals surface area contributed by atoms with E-state index >= 15 is 0 Å². The van der Waals surface area contributed by atoms with Gasteiger partial charge in [0.2, 0.25) is 0 Å². The Morgan fingerprint density at radius 2 is 1.76 bits per heavy atom. The standard InChI is InChI=1S/C19H21N3O6S/c1-12-5-4-6-14(9-12)22-29(26,27)15-8-7-13(2)16(10-15)18(24)28-11-17(23)21-19(25)20-3/h4-10,22H,11H2,1-3H3,(H2,20,21,23,25). The Kier molecular flexibility index (Phi) is 6.94. The molecule has 0 aliphatic heterocycles. The highest BCUT2D eigenvalue weighted by atomic mass is 32.2. The highest BCUT2D eigenvalue weighted by Gasteiger charge is 2.20. The predicted octanol–water partition coefficient (Wildman–Crippen LogP) is 1.72. The van der Waals surface area contributed by atoms with E-state index in [0.717, 1.165) is 5.56 Å². The topological polar surface area (TPSA) is 131 Å². The van der Waals surface area contributed by atoms with Crippen molar-refractivity contribution >= 4 is 33.6 Å². The SMILES string of the molecule is CNC(=O)NC(=O)COC(=O)c1cc(S(=O)(=O)Nc2cccc(C)c2)ccc1C.